The zero-order chi connectivity index (χ0) is 21.3. The number of rotatable bonds is 7. The highest BCUT2D eigenvalue weighted by Gasteiger charge is 2.25. The minimum atomic E-state index is -0.101. The van der Waals surface area contributed by atoms with Crippen LogP contribution in [0, 0.1) is 0 Å². The summed E-state index contributed by atoms with van der Waals surface area (Å²) in [4.78, 5) is 17.9. The van der Waals surface area contributed by atoms with Gasteiger partial charge in [-0.25, -0.2) is 0 Å². The highest BCUT2D eigenvalue weighted by molar-refractivity contribution is 14.0. The third-order valence-electron chi connectivity index (χ3n) is 5.10. The summed E-state index contributed by atoms with van der Waals surface area (Å²) in [5.41, 5.74) is 2.06. The molecule has 1 aliphatic rings. The number of methoxy groups -OCH3 is 1. The Balaban J connectivity index is 0.00000341. The number of carbonyl (C=O) groups is 1. The molecule has 2 N–H and O–H groups in total. The van der Waals surface area contributed by atoms with Gasteiger partial charge in [0.05, 0.1) is 13.7 Å². The molecule has 1 aliphatic heterocycles. The van der Waals surface area contributed by atoms with Crippen molar-refractivity contribution in [3.63, 3.8) is 0 Å². The number of likely N-dealkylation sites (tertiary alicyclic amines) is 1. The molecular formula is C23H31IN4O3. The highest BCUT2D eigenvalue weighted by Crippen LogP contribution is 2.28. The van der Waals surface area contributed by atoms with Gasteiger partial charge >= 0.3 is 0 Å². The minimum Gasteiger partial charge on any atom is -0.497 e. The third kappa shape index (κ3) is 7.30. The summed E-state index contributed by atoms with van der Waals surface area (Å²) in [7, 11) is 3.49. The Kier molecular flexibility index (Phi) is 9.90. The van der Waals surface area contributed by atoms with Gasteiger partial charge in [-0.05, 0) is 36.2 Å². The fourth-order valence-electron chi connectivity index (χ4n) is 3.63. The number of amides is 1. The molecule has 0 aliphatic carbocycles. The summed E-state index contributed by atoms with van der Waals surface area (Å²) in [6.45, 7) is 4.53. The quantitative estimate of drug-likeness (QED) is 0.243. The average Bonchev–Trinajstić information content (AvgIpc) is 3.23. The number of anilines is 1. The van der Waals surface area contributed by atoms with Crippen molar-refractivity contribution in [3.05, 3.63) is 54.1 Å². The first-order valence-electron chi connectivity index (χ1n) is 10.2. The van der Waals surface area contributed by atoms with Crippen LogP contribution in [-0.4, -0.2) is 57.2 Å². The van der Waals surface area contributed by atoms with Crippen molar-refractivity contribution in [2.45, 2.75) is 19.3 Å². The maximum atomic E-state index is 11.2. The second-order valence-corrected chi connectivity index (χ2v) is 7.24. The lowest BCUT2D eigenvalue weighted by Gasteiger charge is -2.22. The van der Waals surface area contributed by atoms with E-state index in [0.29, 0.717) is 19.1 Å². The molecule has 31 heavy (non-hydrogen) atoms. The van der Waals surface area contributed by atoms with Gasteiger partial charge < -0.3 is 25.0 Å². The van der Waals surface area contributed by atoms with Gasteiger partial charge in [0.2, 0.25) is 5.91 Å². The van der Waals surface area contributed by atoms with Gasteiger partial charge in [0.15, 0.2) is 5.96 Å². The monoisotopic (exact) mass is 538 g/mol. The molecule has 0 radical (unpaired) electrons. The van der Waals surface area contributed by atoms with E-state index in [0.717, 1.165) is 42.7 Å². The number of ether oxygens (including phenoxy) is 2. The number of halogens is 1. The Bertz CT molecular complexity index is 873. The molecule has 0 aromatic heterocycles. The van der Waals surface area contributed by atoms with E-state index in [1.807, 2.05) is 36.4 Å². The predicted octanol–water partition coefficient (Wildman–Crippen LogP) is 3.72. The number of hydrogen-bond acceptors (Lipinski definition) is 4. The van der Waals surface area contributed by atoms with E-state index in [2.05, 4.69) is 32.7 Å². The number of guanidine groups is 1. The minimum absolute atomic E-state index is 0. The maximum absolute atomic E-state index is 11.2. The summed E-state index contributed by atoms with van der Waals surface area (Å²) in [5.74, 6) is 2.88. The molecule has 1 heterocycles. The lowest BCUT2D eigenvalue weighted by Crippen LogP contribution is -2.41. The Labute approximate surface area is 201 Å². The molecule has 1 atom stereocenters. The van der Waals surface area contributed by atoms with Crippen LogP contribution < -0.4 is 20.1 Å². The second-order valence-electron chi connectivity index (χ2n) is 7.24. The van der Waals surface area contributed by atoms with Crippen molar-refractivity contribution in [1.82, 2.24) is 10.2 Å². The van der Waals surface area contributed by atoms with Crippen LogP contribution in [0.2, 0.25) is 0 Å². The Morgan fingerprint density at radius 2 is 1.97 bits per heavy atom. The SMILES string of the molecule is CN=C(NCCOc1cccc(NC(C)=O)c1)N1CCC(c2ccc(OC)cc2)C1.I. The van der Waals surface area contributed by atoms with Crippen LogP contribution >= 0.6 is 24.0 Å². The van der Waals surface area contributed by atoms with Gasteiger partial charge in [0, 0.05) is 44.7 Å². The molecule has 0 saturated carbocycles. The number of nitrogens with zero attached hydrogens (tertiary/aromatic N) is 2. The molecule has 8 heteroatoms. The van der Waals surface area contributed by atoms with Crippen molar-refractivity contribution in [1.29, 1.82) is 0 Å². The lowest BCUT2D eigenvalue weighted by molar-refractivity contribution is -0.114. The Morgan fingerprint density at radius 3 is 2.65 bits per heavy atom. The second kappa shape index (κ2) is 12.4. The predicted molar refractivity (Wildman–Crippen MR) is 135 cm³/mol. The summed E-state index contributed by atoms with van der Waals surface area (Å²) in [5, 5.41) is 6.14. The van der Waals surface area contributed by atoms with E-state index in [-0.39, 0.29) is 29.9 Å². The van der Waals surface area contributed by atoms with Crippen molar-refractivity contribution >= 4 is 41.5 Å². The molecule has 7 nitrogen and oxygen atoms in total. The number of carbonyl (C=O) groups excluding carboxylic acids is 1. The average molecular weight is 538 g/mol. The first kappa shape index (κ1) is 24.8. The number of hydrogen-bond donors (Lipinski definition) is 2. The fourth-order valence-corrected chi connectivity index (χ4v) is 3.63. The molecule has 2 aromatic rings. The largest absolute Gasteiger partial charge is 0.497 e. The molecule has 1 saturated heterocycles. The van der Waals surface area contributed by atoms with E-state index >= 15 is 0 Å². The number of nitrogens with one attached hydrogen (secondary N) is 2. The molecule has 2 aromatic carbocycles. The van der Waals surface area contributed by atoms with Crippen LogP contribution in [0.5, 0.6) is 11.5 Å². The van der Waals surface area contributed by atoms with Crippen LogP contribution in [0.15, 0.2) is 53.5 Å². The third-order valence-corrected chi connectivity index (χ3v) is 5.10. The van der Waals surface area contributed by atoms with Gasteiger partial charge in [-0.15, -0.1) is 24.0 Å². The Hall–Kier alpha value is -2.49. The van der Waals surface area contributed by atoms with Crippen LogP contribution in [0.25, 0.3) is 0 Å². The molecular weight excluding hydrogens is 507 g/mol. The van der Waals surface area contributed by atoms with Gasteiger partial charge in [-0.1, -0.05) is 18.2 Å². The Morgan fingerprint density at radius 1 is 1.19 bits per heavy atom. The summed E-state index contributed by atoms with van der Waals surface area (Å²) in [6, 6.07) is 15.7. The molecule has 3 rings (SSSR count). The maximum Gasteiger partial charge on any atom is 0.221 e. The van der Waals surface area contributed by atoms with E-state index in [1.165, 1.54) is 12.5 Å². The zero-order valence-electron chi connectivity index (χ0n) is 18.3. The normalized spacial score (nSPS) is 15.8. The molecule has 1 fully saturated rings. The smallest absolute Gasteiger partial charge is 0.221 e. The lowest BCUT2D eigenvalue weighted by atomic mass is 9.98. The topological polar surface area (TPSA) is 75.2 Å². The molecule has 0 bridgehead atoms. The van der Waals surface area contributed by atoms with Gasteiger partial charge in [0.25, 0.3) is 0 Å². The first-order valence-corrected chi connectivity index (χ1v) is 10.2. The van der Waals surface area contributed by atoms with E-state index < -0.39 is 0 Å². The summed E-state index contributed by atoms with van der Waals surface area (Å²) >= 11 is 0. The van der Waals surface area contributed by atoms with E-state index in [4.69, 9.17) is 9.47 Å². The van der Waals surface area contributed by atoms with E-state index in [9.17, 15) is 4.79 Å². The first-order chi connectivity index (χ1) is 14.6. The van der Waals surface area contributed by atoms with Crippen LogP contribution in [0.1, 0.15) is 24.8 Å². The van der Waals surface area contributed by atoms with Crippen molar-refractivity contribution < 1.29 is 14.3 Å². The summed E-state index contributed by atoms with van der Waals surface area (Å²) < 4.78 is 11.0. The fraction of sp³-hybridized carbons (Fsp3) is 0.391. The van der Waals surface area contributed by atoms with Crippen LogP contribution in [0.3, 0.4) is 0 Å². The molecule has 168 valence electrons. The van der Waals surface area contributed by atoms with Crippen LogP contribution in [0.4, 0.5) is 5.69 Å². The molecule has 1 amide bonds. The molecule has 1 unspecified atom stereocenters. The van der Waals surface area contributed by atoms with Crippen molar-refractivity contribution in [3.8, 4) is 11.5 Å². The van der Waals surface area contributed by atoms with E-state index in [1.54, 1.807) is 14.2 Å². The standard InChI is InChI=1S/C23H30N4O3.HI/c1-17(28)26-20-5-4-6-22(15-20)30-14-12-25-23(24-2)27-13-11-19(16-27)18-7-9-21(29-3)10-8-18;/h4-10,15,19H,11-14,16H2,1-3H3,(H,24,25)(H,26,28);1H. The molecule has 0 spiro atoms. The van der Waals surface area contributed by atoms with Crippen LogP contribution in [-0.2, 0) is 4.79 Å². The zero-order valence-corrected chi connectivity index (χ0v) is 20.6. The van der Waals surface area contributed by atoms with Gasteiger partial charge in [0.1, 0.15) is 18.1 Å². The summed E-state index contributed by atoms with van der Waals surface area (Å²) in [6.07, 6.45) is 1.10. The number of aliphatic imine (C=N–C) groups is 1. The van der Waals surface area contributed by atoms with Crippen molar-refractivity contribution in [2.24, 2.45) is 4.99 Å². The number of benzene rings is 2. The highest BCUT2D eigenvalue weighted by atomic mass is 127. The van der Waals surface area contributed by atoms with Gasteiger partial charge in [-0.3, -0.25) is 9.79 Å². The van der Waals surface area contributed by atoms with Gasteiger partial charge in [-0.2, -0.15) is 0 Å². The van der Waals surface area contributed by atoms with Crippen molar-refractivity contribution in [2.75, 3.05) is 45.7 Å².